The van der Waals surface area contributed by atoms with E-state index < -0.39 is 34.3 Å². The predicted molar refractivity (Wildman–Crippen MR) is 114 cm³/mol. The highest BCUT2D eigenvalue weighted by molar-refractivity contribution is 7.89. The number of ether oxygens (including phenoxy) is 5. The van der Waals surface area contributed by atoms with Crippen LogP contribution in [-0.4, -0.2) is 66.9 Å². The summed E-state index contributed by atoms with van der Waals surface area (Å²) in [7, 11) is -3.73. The predicted octanol–water partition coefficient (Wildman–Crippen LogP) is 1.19. The number of nitrogens with one attached hydrogen (secondary N) is 1. The standard InChI is InChI=1S/C21H21N5O7S/c1-12-2-5-14(6-3-12)34(27,28)23-15-9-29-20-16(10-30-19(15)20)26-21(22-24-25-26)33-13-4-7-17-18(8-13)32-11-31-17/h2-8,15-16,19-20,23H,9-11H2,1H3. The Morgan fingerprint density at radius 3 is 2.68 bits per heavy atom. The Bertz CT molecular complexity index is 1310. The number of benzene rings is 2. The molecule has 12 nitrogen and oxygen atoms in total. The minimum atomic E-state index is -3.73. The maximum Gasteiger partial charge on any atom is 0.341 e. The molecule has 4 unspecified atom stereocenters. The molecular formula is C21H21N5O7S. The molecule has 2 fully saturated rings. The summed E-state index contributed by atoms with van der Waals surface area (Å²) in [5.74, 6) is 1.69. The molecule has 6 rings (SSSR count). The van der Waals surface area contributed by atoms with E-state index in [4.69, 9.17) is 23.7 Å². The van der Waals surface area contributed by atoms with E-state index in [-0.39, 0.29) is 30.9 Å². The van der Waals surface area contributed by atoms with Crippen LogP contribution in [0.4, 0.5) is 0 Å². The first kappa shape index (κ1) is 21.3. The molecule has 0 radical (unpaired) electrons. The molecule has 0 amide bonds. The fourth-order valence-corrected chi connectivity index (χ4v) is 5.51. The zero-order valence-electron chi connectivity index (χ0n) is 18.0. The van der Waals surface area contributed by atoms with Crippen LogP contribution >= 0.6 is 0 Å². The molecule has 2 aromatic carbocycles. The summed E-state index contributed by atoms with van der Waals surface area (Å²) >= 11 is 0. The van der Waals surface area contributed by atoms with Crippen LogP contribution in [0.1, 0.15) is 11.6 Å². The summed E-state index contributed by atoms with van der Waals surface area (Å²) in [4.78, 5) is 0.191. The van der Waals surface area contributed by atoms with Crippen LogP contribution in [0.3, 0.4) is 0 Å². The van der Waals surface area contributed by atoms with Crippen molar-refractivity contribution >= 4 is 10.0 Å². The second-order valence-corrected chi connectivity index (χ2v) is 9.94. The van der Waals surface area contributed by atoms with Gasteiger partial charge < -0.3 is 23.7 Å². The van der Waals surface area contributed by atoms with Crippen molar-refractivity contribution < 1.29 is 32.1 Å². The zero-order valence-corrected chi connectivity index (χ0v) is 18.8. The quantitative estimate of drug-likeness (QED) is 0.540. The number of sulfonamides is 1. The number of hydrogen-bond acceptors (Lipinski definition) is 10. The summed E-state index contributed by atoms with van der Waals surface area (Å²) in [5.41, 5.74) is 0.977. The lowest BCUT2D eigenvalue weighted by molar-refractivity contribution is 0.0615. The zero-order chi connectivity index (χ0) is 23.3. The van der Waals surface area contributed by atoms with Crippen molar-refractivity contribution in [3.63, 3.8) is 0 Å². The van der Waals surface area contributed by atoms with Gasteiger partial charge in [0.2, 0.25) is 16.8 Å². The molecule has 4 atom stereocenters. The van der Waals surface area contributed by atoms with Gasteiger partial charge in [-0.15, -0.1) is 0 Å². The number of tetrazole rings is 1. The molecule has 0 aliphatic carbocycles. The van der Waals surface area contributed by atoms with Gasteiger partial charge in [0, 0.05) is 6.07 Å². The smallest absolute Gasteiger partial charge is 0.341 e. The van der Waals surface area contributed by atoms with Gasteiger partial charge >= 0.3 is 6.01 Å². The average Bonchev–Trinajstić information content (AvgIpc) is 3.59. The molecular weight excluding hydrogens is 466 g/mol. The topological polar surface area (TPSA) is 136 Å². The van der Waals surface area contributed by atoms with E-state index in [1.54, 1.807) is 42.5 Å². The Hall–Kier alpha value is -3.26. The molecule has 3 aliphatic rings. The Kier molecular flexibility index (Phi) is 5.13. The third-order valence-corrected chi connectivity index (χ3v) is 7.50. The molecule has 2 saturated heterocycles. The summed E-state index contributed by atoms with van der Waals surface area (Å²) < 4.78 is 58.3. The molecule has 3 aliphatic heterocycles. The number of nitrogens with zero attached hydrogens (tertiary/aromatic N) is 4. The number of hydrogen-bond donors (Lipinski definition) is 1. The molecule has 34 heavy (non-hydrogen) atoms. The maximum atomic E-state index is 12.8. The fraction of sp³-hybridized carbons (Fsp3) is 0.381. The van der Waals surface area contributed by atoms with Gasteiger partial charge in [-0.2, -0.15) is 4.68 Å². The van der Waals surface area contributed by atoms with Gasteiger partial charge in [0.25, 0.3) is 0 Å². The van der Waals surface area contributed by atoms with Crippen molar-refractivity contribution in [3.05, 3.63) is 48.0 Å². The molecule has 0 spiro atoms. The molecule has 178 valence electrons. The molecule has 3 aromatic rings. The molecule has 0 saturated carbocycles. The van der Waals surface area contributed by atoms with Crippen LogP contribution in [0.15, 0.2) is 47.4 Å². The highest BCUT2D eigenvalue weighted by atomic mass is 32.2. The van der Waals surface area contributed by atoms with Crippen molar-refractivity contribution in [2.45, 2.75) is 36.1 Å². The highest BCUT2D eigenvalue weighted by Gasteiger charge is 2.50. The first-order valence-electron chi connectivity index (χ1n) is 10.7. The summed E-state index contributed by atoms with van der Waals surface area (Å²) in [6.45, 7) is 2.46. The van der Waals surface area contributed by atoms with Crippen molar-refractivity contribution in [3.8, 4) is 23.3 Å². The second-order valence-electron chi connectivity index (χ2n) is 8.23. The van der Waals surface area contributed by atoms with Gasteiger partial charge in [-0.25, -0.2) is 13.1 Å². The molecule has 0 bridgehead atoms. The molecule has 1 aromatic heterocycles. The summed E-state index contributed by atoms with van der Waals surface area (Å²) in [6, 6.07) is 11.0. The van der Waals surface area contributed by atoms with E-state index in [0.29, 0.717) is 17.2 Å². The van der Waals surface area contributed by atoms with Gasteiger partial charge in [0.05, 0.1) is 24.2 Å². The Labute approximate surface area is 194 Å². The fourth-order valence-electron chi connectivity index (χ4n) is 4.28. The summed E-state index contributed by atoms with van der Waals surface area (Å²) in [5, 5.41) is 11.8. The first-order valence-corrected chi connectivity index (χ1v) is 12.1. The van der Waals surface area contributed by atoms with Gasteiger partial charge in [-0.05, 0) is 41.6 Å². The third-order valence-electron chi connectivity index (χ3n) is 6.00. The van der Waals surface area contributed by atoms with Crippen molar-refractivity contribution in [2.75, 3.05) is 20.0 Å². The second kappa shape index (κ2) is 8.20. The minimum absolute atomic E-state index is 0.153. The highest BCUT2D eigenvalue weighted by Crippen LogP contribution is 2.38. The van der Waals surface area contributed by atoms with E-state index in [1.807, 2.05) is 6.92 Å². The van der Waals surface area contributed by atoms with Gasteiger partial charge in [-0.3, -0.25) is 0 Å². The van der Waals surface area contributed by atoms with Crippen LogP contribution < -0.4 is 18.9 Å². The monoisotopic (exact) mass is 487 g/mol. The Morgan fingerprint density at radius 1 is 1.03 bits per heavy atom. The Morgan fingerprint density at radius 2 is 1.82 bits per heavy atom. The maximum absolute atomic E-state index is 12.8. The van der Waals surface area contributed by atoms with Crippen LogP contribution in [-0.2, 0) is 19.5 Å². The Balaban J connectivity index is 1.17. The minimum Gasteiger partial charge on any atom is -0.454 e. The third kappa shape index (κ3) is 3.76. The van der Waals surface area contributed by atoms with E-state index in [1.165, 1.54) is 4.68 Å². The first-order chi connectivity index (χ1) is 16.5. The molecule has 1 N–H and O–H groups in total. The van der Waals surface area contributed by atoms with Crippen LogP contribution in [0.25, 0.3) is 0 Å². The largest absolute Gasteiger partial charge is 0.454 e. The van der Waals surface area contributed by atoms with Crippen molar-refractivity contribution in [2.24, 2.45) is 0 Å². The van der Waals surface area contributed by atoms with Crippen LogP contribution in [0.2, 0.25) is 0 Å². The lowest BCUT2D eigenvalue weighted by atomic mass is 10.1. The molecule has 13 heteroatoms. The van der Waals surface area contributed by atoms with Gasteiger partial charge in [0.1, 0.15) is 24.0 Å². The van der Waals surface area contributed by atoms with Gasteiger partial charge in [-0.1, -0.05) is 22.8 Å². The number of rotatable bonds is 6. The van der Waals surface area contributed by atoms with E-state index in [2.05, 4.69) is 20.2 Å². The van der Waals surface area contributed by atoms with Crippen LogP contribution in [0.5, 0.6) is 23.3 Å². The SMILES string of the molecule is Cc1ccc(S(=O)(=O)NC2COC3C2OCC3n2nnnc2Oc2ccc3c(c2)OCO3)cc1. The van der Waals surface area contributed by atoms with Crippen molar-refractivity contribution in [1.29, 1.82) is 0 Å². The lowest BCUT2D eigenvalue weighted by Gasteiger charge is -2.18. The van der Waals surface area contributed by atoms with E-state index in [0.717, 1.165) is 5.56 Å². The number of aromatic nitrogens is 4. The summed E-state index contributed by atoms with van der Waals surface area (Å²) in [6.07, 6.45) is -0.943. The number of fused-ring (bicyclic) bond motifs is 2. The van der Waals surface area contributed by atoms with E-state index >= 15 is 0 Å². The van der Waals surface area contributed by atoms with E-state index in [9.17, 15) is 8.42 Å². The number of aryl methyl sites for hydroxylation is 1. The van der Waals surface area contributed by atoms with Crippen LogP contribution in [0, 0.1) is 6.92 Å². The molecule has 4 heterocycles. The normalized spacial score (nSPS) is 25.4. The average molecular weight is 487 g/mol. The lowest BCUT2D eigenvalue weighted by Crippen LogP contribution is -2.44. The van der Waals surface area contributed by atoms with Gasteiger partial charge in [0.15, 0.2) is 11.5 Å². The van der Waals surface area contributed by atoms with Crippen molar-refractivity contribution in [1.82, 2.24) is 24.9 Å².